The lowest BCUT2D eigenvalue weighted by Crippen LogP contribution is -2.71. The zero-order valence-corrected chi connectivity index (χ0v) is 16.2. The molecule has 1 aromatic rings. The molecule has 4 rings (SSSR count). The molecule has 0 unspecified atom stereocenters. The number of amides is 1. The van der Waals surface area contributed by atoms with Crippen molar-refractivity contribution in [1.29, 1.82) is 0 Å². The first kappa shape index (κ1) is 20.0. The molecule has 150 valence electrons. The molecular weight excluding hydrogens is 390 g/mol. The van der Waals surface area contributed by atoms with Gasteiger partial charge in [-0.25, -0.2) is 12.7 Å². The summed E-state index contributed by atoms with van der Waals surface area (Å²) in [5, 5.41) is 10.9. The van der Waals surface area contributed by atoms with Crippen molar-refractivity contribution in [2.75, 3.05) is 14.2 Å². The molecule has 1 N–H and O–H groups in total. The van der Waals surface area contributed by atoms with Gasteiger partial charge in [-0.3, -0.25) is 14.4 Å². The molecule has 9 nitrogen and oxygen atoms in total. The fraction of sp³-hybridized carbons (Fsp3) is 0.389. The van der Waals surface area contributed by atoms with Gasteiger partial charge in [-0.15, -0.1) is 0 Å². The molecule has 0 spiro atoms. The van der Waals surface area contributed by atoms with Crippen LogP contribution in [0.2, 0.25) is 0 Å². The number of ether oxygens (including phenoxy) is 2. The topological polar surface area (TPSA) is 127 Å². The maximum absolute atomic E-state index is 13.1. The predicted molar refractivity (Wildman–Crippen MR) is 94.1 cm³/mol. The molecule has 1 saturated heterocycles. The summed E-state index contributed by atoms with van der Waals surface area (Å²) in [7, 11) is -2.31. The quantitative estimate of drug-likeness (QED) is 0.534. The van der Waals surface area contributed by atoms with Gasteiger partial charge in [0.15, 0.2) is 5.60 Å². The number of aliphatic hydroxyl groups is 1. The Morgan fingerprint density at radius 1 is 1.11 bits per heavy atom. The maximum Gasteiger partial charge on any atom is 0.313 e. The van der Waals surface area contributed by atoms with E-state index in [2.05, 4.69) is 4.74 Å². The van der Waals surface area contributed by atoms with E-state index < -0.39 is 51.3 Å². The third-order valence-corrected chi connectivity index (χ3v) is 6.86. The van der Waals surface area contributed by atoms with Crippen LogP contribution < -0.4 is 0 Å². The number of piperidine rings is 1. The van der Waals surface area contributed by atoms with E-state index in [1.165, 1.54) is 18.2 Å². The third kappa shape index (κ3) is 2.71. The first-order valence-corrected chi connectivity index (χ1v) is 9.76. The van der Waals surface area contributed by atoms with Crippen LogP contribution in [0.25, 0.3) is 0 Å². The second kappa shape index (κ2) is 6.71. The van der Waals surface area contributed by atoms with Gasteiger partial charge in [0.05, 0.1) is 31.1 Å². The van der Waals surface area contributed by atoms with E-state index in [0.29, 0.717) is 4.31 Å². The van der Waals surface area contributed by atoms with Gasteiger partial charge in [0.1, 0.15) is 5.92 Å². The first-order valence-electron chi connectivity index (χ1n) is 8.32. The van der Waals surface area contributed by atoms with Crippen LogP contribution in [0.1, 0.15) is 5.56 Å². The van der Waals surface area contributed by atoms with Crippen LogP contribution in [-0.2, 0) is 33.9 Å². The number of aryl methyl sites for hydroxylation is 1. The van der Waals surface area contributed by atoms with E-state index in [9.17, 15) is 27.9 Å². The van der Waals surface area contributed by atoms with Crippen molar-refractivity contribution in [1.82, 2.24) is 4.31 Å². The summed E-state index contributed by atoms with van der Waals surface area (Å²) in [6.45, 7) is 1.77. The molecule has 1 aliphatic carbocycles. The molecular formula is C18H19NO8S. The average molecular weight is 409 g/mol. The molecule has 28 heavy (non-hydrogen) atoms. The van der Waals surface area contributed by atoms with Crippen molar-refractivity contribution < 1.29 is 37.4 Å². The number of benzene rings is 1. The van der Waals surface area contributed by atoms with Crippen LogP contribution >= 0.6 is 0 Å². The Bertz CT molecular complexity index is 968. The lowest BCUT2D eigenvalue weighted by atomic mass is 9.66. The summed E-state index contributed by atoms with van der Waals surface area (Å²) >= 11 is 0. The summed E-state index contributed by atoms with van der Waals surface area (Å²) in [5.41, 5.74) is -1.75. The summed E-state index contributed by atoms with van der Waals surface area (Å²) in [5.74, 6) is -6.27. The summed E-state index contributed by atoms with van der Waals surface area (Å²) < 4.78 is 36.1. The van der Waals surface area contributed by atoms with Gasteiger partial charge in [0.2, 0.25) is 0 Å². The van der Waals surface area contributed by atoms with Crippen molar-refractivity contribution >= 4 is 27.9 Å². The van der Waals surface area contributed by atoms with Crippen molar-refractivity contribution in [2.45, 2.75) is 23.5 Å². The minimum absolute atomic E-state index is 0.186. The first-order chi connectivity index (χ1) is 13.1. The number of esters is 2. The second-order valence-electron chi connectivity index (χ2n) is 6.64. The highest BCUT2D eigenvalue weighted by molar-refractivity contribution is 7.89. The smallest absolute Gasteiger partial charge is 0.313 e. The maximum atomic E-state index is 13.1. The van der Waals surface area contributed by atoms with E-state index in [1.807, 2.05) is 0 Å². The van der Waals surface area contributed by atoms with Gasteiger partial charge < -0.3 is 14.6 Å². The number of carbonyl (C=O) groups excluding carboxylic acids is 3. The number of nitrogens with zero attached hydrogens (tertiary/aromatic N) is 1. The monoisotopic (exact) mass is 409 g/mol. The Kier molecular flexibility index (Phi) is 4.80. The van der Waals surface area contributed by atoms with Crippen LogP contribution in [0.4, 0.5) is 0 Å². The number of sulfonamides is 1. The molecule has 0 saturated carbocycles. The number of fused-ring (bicyclic) bond motifs is 2. The Morgan fingerprint density at radius 2 is 1.68 bits per heavy atom. The van der Waals surface area contributed by atoms with Crippen molar-refractivity contribution in [3.05, 3.63) is 42.0 Å². The zero-order chi connectivity index (χ0) is 20.9. The molecule has 10 heteroatoms. The van der Waals surface area contributed by atoms with Crippen molar-refractivity contribution in [3.8, 4) is 0 Å². The number of methoxy groups -OCH3 is 2. The largest absolute Gasteiger partial charge is 0.469 e. The standard InChI is InChI=1S/C18H19NO8S/c1-10-4-6-11(7-5-10)28(24,25)19-12-8-9-18(23,17(19)22)14(16(21)27-3)13(12)15(20)26-2/h4-9,12-14,23H,1-3H3/t12-,13+,14+,18-/m1/s1. The van der Waals surface area contributed by atoms with Crippen LogP contribution in [0.3, 0.4) is 0 Å². The van der Waals surface area contributed by atoms with E-state index in [4.69, 9.17) is 4.74 Å². The van der Waals surface area contributed by atoms with E-state index >= 15 is 0 Å². The fourth-order valence-electron chi connectivity index (χ4n) is 3.64. The Morgan fingerprint density at radius 3 is 2.21 bits per heavy atom. The predicted octanol–water partition coefficient (Wildman–Crippen LogP) is -0.226. The molecule has 2 bridgehead atoms. The van der Waals surface area contributed by atoms with Gasteiger partial charge in [0.25, 0.3) is 15.9 Å². The van der Waals surface area contributed by atoms with Gasteiger partial charge in [-0.2, -0.15) is 0 Å². The second-order valence-corrected chi connectivity index (χ2v) is 8.46. The molecule has 2 aliphatic heterocycles. The minimum atomic E-state index is -4.41. The van der Waals surface area contributed by atoms with Crippen LogP contribution in [0, 0.1) is 18.8 Å². The molecule has 1 fully saturated rings. The van der Waals surface area contributed by atoms with E-state index in [-0.39, 0.29) is 4.90 Å². The molecule has 0 radical (unpaired) electrons. The lowest BCUT2D eigenvalue weighted by Gasteiger charge is -2.50. The van der Waals surface area contributed by atoms with E-state index in [1.54, 1.807) is 19.1 Å². The average Bonchev–Trinajstić information content (AvgIpc) is 2.67. The summed E-state index contributed by atoms with van der Waals surface area (Å²) in [6, 6.07) is 4.40. The van der Waals surface area contributed by atoms with Crippen molar-refractivity contribution in [2.24, 2.45) is 11.8 Å². The highest BCUT2D eigenvalue weighted by Crippen LogP contribution is 2.46. The van der Waals surface area contributed by atoms with Crippen molar-refractivity contribution in [3.63, 3.8) is 0 Å². The number of rotatable bonds is 4. The van der Waals surface area contributed by atoms with Crippen LogP contribution in [0.15, 0.2) is 41.3 Å². The summed E-state index contributed by atoms with van der Waals surface area (Å²) in [4.78, 5) is 37.4. The molecule has 0 aromatic heterocycles. The van der Waals surface area contributed by atoms with E-state index in [0.717, 1.165) is 25.9 Å². The Labute approximate surface area is 161 Å². The molecule has 4 atom stereocenters. The van der Waals surface area contributed by atoms with Crippen LogP contribution in [-0.4, -0.2) is 61.5 Å². The zero-order valence-electron chi connectivity index (χ0n) is 15.4. The van der Waals surface area contributed by atoms with Gasteiger partial charge in [0, 0.05) is 0 Å². The number of hydrogen-bond donors (Lipinski definition) is 1. The SMILES string of the molecule is COC(=O)[C@H]1[C@H]2C=C[C@](O)(C(=O)N2S(=O)(=O)c2ccc(C)cc2)[C@@H]1C(=O)OC. The molecule has 2 heterocycles. The Balaban J connectivity index is 2.17. The van der Waals surface area contributed by atoms with Gasteiger partial charge >= 0.3 is 11.9 Å². The normalized spacial score (nSPS) is 28.9. The minimum Gasteiger partial charge on any atom is -0.469 e. The molecule has 3 aliphatic rings. The summed E-state index contributed by atoms with van der Waals surface area (Å²) in [6.07, 6.45) is 2.25. The Hall–Kier alpha value is -2.72. The lowest BCUT2D eigenvalue weighted by molar-refractivity contribution is -0.185. The highest BCUT2D eigenvalue weighted by atomic mass is 32.2. The number of carbonyl (C=O) groups is 3. The highest BCUT2D eigenvalue weighted by Gasteiger charge is 2.67. The number of hydrogen-bond acceptors (Lipinski definition) is 8. The van der Waals surface area contributed by atoms with Gasteiger partial charge in [-0.1, -0.05) is 23.8 Å². The fourth-order valence-corrected chi connectivity index (χ4v) is 5.23. The molecule has 1 amide bonds. The third-order valence-electron chi connectivity index (χ3n) is 5.07. The van der Waals surface area contributed by atoms with Crippen LogP contribution in [0.5, 0.6) is 0 Å². The van der Waals surface area contributed by atoms with Gasteiger partial charge in [-0.05, 0) is 25.1 Å². The molecule has 1 aromatic carbocycles.